The molecule has 0 spiro atoms. The molecule has 6 heteroatoms. The summed E-state index contributed by atoms with van der Waals surface area (Å²) in [6.45, 7) is 3.77. The normalized spacial score (nSPS) is 29.2. The second-order valence-corrected chi connectivity index (χ2v) is 7.11. The van der Waals surface area contributed by atoms with Gasteiger partial charge in [0.1, 0.15) is 0 Å². The van der Waals surface area contributed by atoms with Crippen LogP contribution in [0.4, 0.5) is 0 Å². The van der Waals surface area contributed by atoms with Gasteiger partial charge in [0.2, 0.25) is 0 Å². The highest BCUT2D eigenvalue weighted by molar-refractivity contribution is 7.87. The van der Waals surface area contributed by atoms with E-state index < -0.39 is 10.2 Å². The average molecular weight is 261 g/mol. The number of hydrogen-bond donors (Lipinski definition) is 2. The first-order valence-electron chi connectivity index (χ1n) is 6.50. The minimum Gasteiger partial charge on any atom is -0.329 e. The van der Waals surface area contributed by atoms with Gasteiger partial charge in [0.15, 0.2) is 0 Å². The summed E-state index contributed by atoms with van der Waals surface area (Å²) >= 11 is 0. The van der Waals surface area contributed by atoms with Gasteiger partial charge in [0, 0.05) is 25.7 Å². The van der Waals surface area contributed by atoms with Crippen molar-refractivity contribution in [3.05, 3.63) is 0 Å². The Kier molecular flexibility index (Phi) is 4.07. The Morgan fingerprint density at radius 1 is 1.41 bits per heavy atom. The molecule has 17 heavy (non-hydrogen) atoms. The molecule has 1 heterocycles. The summed E-state index contributed by atoms with van der Waals surface area (Å²) in [5.74, 6) is 0.912. The van der Waals surface area contributed by atoms with Crippen LogP contribution in [0, 0.1) is 11.8 Å². The summed E-state index contributed by atoms with van der Waals surface area (Å²) in [5, 5.41) is 0. The smallest absolute Gasteiger partial charge is 0.279 e. The van der Waals surface area contributed by atoms with E-state index in [1.54, 1.807) is 4.31 Å². The molecule has 1 saturated carbocycles. The van der Waals surface area contributed by atoms with Crippen LogP contribution >= 0.6 is 0 Å². The minimum atomic E-state index is -3.33. The van der Waals surface area contributed by atoms with E-state index in [9.17, 15) is 8.42 Å². The molecule has 1 aliphatic heterocycles. The van der Waals surface area contributed by atoms with Crippen molar-refractivity contribution in [2.75, 3.05) is 19.6 Å². The van der Waals surface area contributed by atoms with Crippen LogP contribution in [-0.2, 0) is 10.2 Å². The molecular weight excluding hydrogens is 238 g/mol. The SMILES string of the molecule is CC1CCCN(S(=O)(=O)NC(CN)C2CC2)C1. The monoisotopic (exact) mass is 261 g/mol. The van der Waals surface area contributed by atoms with Crippen molar-refractivity contribution in [3.8, 4) is 0 Å². The second-order valence-electron chi connectivity index (χ2n) is 5.41. The summed E-state index contributed by atoms with van der Waals surface area (Å²) in [6, 6.07) is -0.0720. The van der Waals surface area contributed by atoms with Crippen LogP contribution < -0.4 is 10.5 Å². The van der Waals surface area contributed by atoms with Crippen LogP contribution in [0.5, 0.6) is 0 Å². The van der Waals surface area contributed by atoms with Gasteiger partial charge in [-0.25, -0.2) is 0 Å². The molecule has 0 aromatic carbocycles. The molecule has 0 bridgehead atoms. The fraction of sp³-hybridized carbons (Fsp3) is 1.00. The van der Waals surface area contributed by atoms with Gasteiger partial charge in [-0.2, -0.15) is 17.4 Å². The van der Waals surface area contributed by atoms with Crippen LogP contribution in [0.2, 0.25) is 0 Å². The molecule has 0 radical (unpaired) electrons. The minimum absolute atomic E-state index is 0.0720. The number of nitrogens with one attached hydrogen (secondary N) is 1. The molecule has 0 aromatic rings. The maximum Gasteiger partial charge on any atom is 0.279 e. The third kappa shape index (κ3) is 3.40. The number of nitrogens with zero attached hydrogens (tertiary/aromatic N) is 1. The van der Waals surface area contributed by atoms with Crippen molar-refractivity contribution in [3.63, 3.8) is 0 Å². The first-order chi connectivity index (χ1) is 8.03. The number of nitrogens with two attached hydrogens (primary N) is 1. The van der Waals surface area contributed by atoms with Crippen LogP contribution in [-0.4, -0.2) is 38.4 Å². The van der Waals surface area contributed by atoms with Gasteiger partial charge in [-0.1, -0.05) is 6.92 Å². The van der Waals surface area contributed by atoms with Crippen LogP contribution in [0.15, 0.2) is 0 Å². The van der Waals surface area contributed by atoms with Crippen molar-refractivity contribution in [2.24, 2.45) is 17.6 Å². The van der Waals surface area contributed by atoms with E-state index in [0.717, 1.165) is 25.7 Å². The van der Waals surface area contributed by atoms with Crippen molar-refractivity contribution >= 4 is 10.2 Å². The van der Waals surface area contributed by atoms with Gasteiger partial charge >= 0.3 is 0 Å². The molecule has 2 unspecified atom stereocenters. The zero-order valence-electron chi connectivity index (χ0n) is 10.4. The summed E-state index contributed by atoms with van der Waals surface area (Å²) in [7, 11) is -3.33. The van der Waals surface area contributed by atoms with Gasteiger partial charge in [-0.05, 0) is 37.5 Å². The van der Waals surface area contributed by atoms with Gasteiger partial charge in [0.25, 0.3) is 10.2 Å². The summed E-state index contributed by atoms with van der Waals surface area (Å²) in [5.41, 5.74) is 5.63. The molecule has 1 saturated heterocycles. The highest BCUT2D eigenvalue weighted by Crippen LogP contribution is 2.32. The van der Waals surface area contributed by atoms with E-state index in [1.807, 2.05) is 0 Å². The van der Waals surface area contributed by atoms with Crippen molar-refractivity contribution in [1.82, 2.24) is 9.03 Å². The van der Waals surface area contributed by atoms with E-state index in [-0.39, 0.29) is 6.04 Å². The Morgan fingerprint density at radius 2 is 2.12 bits per heavy atom. The Labute approximate surface area is 104 Å². The van der Waals surface area contributed by atoms with Crippen LogP contribution in [0.25, 0.3) is 0 Å². The molecule has 0 amide bonds. The van der Waals surface area contributed by atoms with Crippen LogP contribution in [0.3, 0.4) is 0 Å². The van der Waals surface area contributed by atoms with E-state index >= 15 is 0 Å². The molecule has 2 fully saturated rings. The Hall–Kier alpha value is -0.170. The Bertz CT molecular complexity index is 354. The van der Waals surface area contributed by atoms with Crippen molar-refractivity contribution in [2.45, 2.75) is 38.6 Å². The molecule has 2 rings (SSSR count). The second kappa shape index (κ2) is 5.22. The molecule has 1 aliphatic carbocycles. The fourth-order valence-corrected chi connectivity index (χ4v) is 4.11. The van der Waals surface area contributed by atoms with Gasteiger partial charge in [-0.15, -0.1) is 0 Å². The lowest BCUT2D eigenvalue weighted by Gasteiger charge is -2.31. The quantitative estimate of drug-likeness (QED) is 0.747. The van der Waals surface area contributed by atoms with Crippen molar-refractivity contribution in [1.29, 1.82) is 0 Å². The lowest BCUT2D eigenvalue weighted by molar-refractivity contribution is 0.276. The highest BCUT2D eigenvalue weighted by atomic mass is 32.2. The zero-order chi connectivity index (χ0) is 12.5. The number of piperidine rings is 1. The third-order valence-electron chi connectivity index (χ3n) is 3.70. The fourth-order valence-electron chi connectivity index (χ4n) is 2.47. The van der Waals surface area contributed by atoms with Crippen LogP contribution in [0.1, 0.15) is 32.6 Å². The van der Waals surface area contributed by atoms with Gasteiger partial charge in [-0.3, -0.25) is 0 Å². The van der Waals surface area contributed by atoms with E-state index in [4.69, 9.17) is 5.73 Å². The third-order valence-corrected chi connectivity index (χ3v) is 5.32. The van der Waals surface area contributed by atoms with Gasteiger partial charge in [0.05, 0.1) is 0 Å². The van der Waals surface area contributed by atoms with Gasteiger partial charge < -0.3 is 5.73 Å². The lowest BCUT2D eigenvalue weighted by atomic mass is 10.0. The van der Waals surface area contributed by atoms with E-state index in [2.05, 4.69) is 11.6 Å². The summed E-state index contributed by atoms with van der Waals surface area (Å²) < 4.78 is 28.7. The zero-order valence-corrected chi connectivity index (χ0v) is 11.2. The van der Waals surface area contributed by atoms with Crippen molar-refractivity contribution < 1.29 is 8.42 Å². The Morgan fingerprint density at radius 3 is 2.65 bits per heavy atom. The molecule has 2 atom stereocenters. The van der Waals surface area contributed by atoms with E-state index in [0.29, 0.717) is 31.5 Å². The molecule has 2 aliphatic rings. The predicted octanol–water partition coefficient (Wildman–Crippen LogP) is 0.290. The lowest BCUT2D eigenvalue weighted by Crippen LogP contribution is -2.51. The standard InChI is InChI=1S/C11H23N3O2S/c1-9-3-2-6-14(8-9)17(15,16)13-11(7-12)10-4-5-10/h9-11,13H,2-8,12H2,1H3. The topological polar surface area (TPSA) is 75.4 Å². The summed E-state index contributed by atoms with van der Waals surface area (Å²) in [4.78, 5) is 0. The molecule has 100 valence electrons. The predicted molar refractivity (Wildman–Crippen MR) is 67.6 cm³/mol. The number of rotatable bonds is 5. The largest absolute Gasteiger partial charge is 0.329 e. The first-order valence-corrected chi connectivity index (χ1v) is 7.94. The highest BCUT2D eigenvalue weighted by Gasteiger charge is 2.35. The Balaban J connectivity index is 1.96. The number of hydrogen-bond acceptors (Lipinski definition) is 3. The first kappa shape index (κ1) is 13.3. The van der Waals surface area contributed by atoms with E-state index in [1.165, 1.54) is 0 Å². The summed E-state index contributed by atoms with van der Waals surface area (Å²) in [6.07, 6.45) is 4.27. The molecule has 0 aromatic heterocycles. The average Bonchev–Trinajstić information content (AvgIpc) is 3.10. The maximum absolute atomic E-state index is 12.2. The molecular formula is C11H23N3O2S. The maximum atomic E-state index is 12.2. The molecule has 3 N–H and O–H groups in total. The molecule has 5 nitrogen and oxygen atoms in total.